The lowest BCUT2D eigenvalue weighted by molar-refractivity contribution is -0.147. The van der Waals surface area contributed by atoms with Gasteiger partial charge in [0.25, 0.3) is 6.43 Å². The molecule has 1 unspecified atom stereocenters. The summed E-state index contributed by atoms with van der Waals surface area (Å²) in [5.41, 5.74) is -0.662. The molecule has 2 N–H and O–H groups in total. The monoisotopic (exact) mass is 292 g/mol. The van der Waals surface area contributed by atoms with E-state index in [0.717, 1.165) is 12.1 Å². The average molecular weight is 293 g/mol. The van der Waals surface area contributed by atoms with E-state index in [0.29, 0.717) is 5.56 Å². The topological polar surface area (TPSA) is 74.6 Å². The van der Waals surface area contributed by atoms with Crippen LogP contribution in [-0.4, -0.2) is 27.8 Å². The molecule has 0 saturated carbocycles. The standard InChI is InChI=1S/C12H11ClF2O4/c13-5-7(16)3-6-1-2-8(11(14)15)9(4-6)10(17)12(18)19/h1-2,4,10-11,17H,3,5H2,(H,18,19). The van der Waals surface area contributed by atoms with E-state index in [9.17, 15) is 23.5 Å². The fourth-order valence-electron chi connectivity index (χ4n) is 1.58. The third-order valence-electron chi connectivity index (χ3n) is 2.47. The van der Waals surface area contributed by atoms with Crippen molar-refractivity contribution in [3.05, 3.63) is 34.9 Å². The summed E-state index contributed by atoms with van der Waals surface area (Å²) in [4.78, 5) is 21.8. The van der Waals surface area contributed by atoms with E-state index in [1.165, 1.54) is 6.07 Å². The number of rotatable bonds is 6. The fraction of sp³-hybridized carbons (Fsp3) is 0.333. The SMILES string of the molecule is O=C(CCl)Cc1ccc(C(F)F)c(C(O)C(=O)O)c1. The average Bonchev–Trinajstić information content (AvgIpc) is 2.37. The van der Waals surface area contributed by atoms with Crippen LogP contribution in [-0.2, 0) is 16.0 Å². The van der Waals surface area contributed by atoms with Gasteiger partial charge < -0.3 is 10.2 Å². The zero-order valence-electron chi connectivity index (χ0n) is 9.65. The molecule has 0 heterocycles. The molecule has 0 amide bonds. The van der Waals surface area contributed by atoms with E-state index in [4.69, 9.17) is 16.7 Å². The van der Waals surface area contributed by atoms with Crippen molar-refractivity contribution < 1.29 is 28.6 Å². The molecule has 0 bridgehead atoms. The molecular formula is C12H11ClF2O4. The Labute approximate surface area is 112 Å². The van der Waals surface area contributed by atoms with Crippen LogP contribution in [0.15, 0.2) is 18.2 Å². The first-order valence-electron chi connectivity index (χ1n) is 5.26. The fourth-order valence-corrected chi connectivity index (χ4v) is 1.67. The number of benzene rings is 1. The number of carboxylic acid groups (broad SMARTS) is 1. The van der Waals surface area contributed by atoms with Crippen LogP contribution in [0.25, 0.3) is 0 Å². The van der Waals surface area contributed by atoms with Crippen molar-refractivity contribution in [1.29, 1.82) is 0 Å². The molecule has 1 rings (SSSR count). The summed E-state index contributed by atoms with van der Waals surface area (Å²) in [5.74, 6) is -2.20. The first-order chi connectivity index (χ1) is 8.86. The van der Waals surface area contributed by atoms with Crippen molar-refractivity contribution in [2.45, 2.75) is 19.0 Å². The van der Waals surface area contributed by atoms with Crippen LogP contribution in [0.4, 0.5) is 8.78 Å². The lowest BCUT2D eigenvalue weighted by Gasteiger charge is -2.13. The largest absolute Gasteiger partial charge is 0.479 e. The summed E-state index contributed by atoms with van der Waals surface area (Å²) in [6.45, 7) is 0. The summed E-state index contributed by atoms with van der Waals surface area (Å²) in [6.07, 6.45) is -5.08. The molecule has 0 radical (unpaired) electrons. The number of Topliss-reactive ketones (excluding diaryl/α,β-unsaturated/α-hetero) is 1. The molecular weight excluding hydrogens is 282 g/mol. The molecule has 0 fully saturated rings. The van der Waals surface area contributed by atoms with Crippen molar-refractivity contribution in [2.75, 3.05) is 5.88 Å². The number of aliphatic hydroxyl groups excluding tert-OH is 1. The van der Waals surface area contributed by atoms with Crippen LogP contribution < -0.4 is 0 Å². The minimum absolute atomic E-state index is 0.105. The van der Waals surface area contributed by atoms with Gasteiger partial charge >= 0.3 is 5.97 Å². The number of carboxylic acids is 1. The molecule has 0 aliphatic heterocycles. The van der Waals surface area contributed by atoms with E-state index in [1.807, 2.05) is 0 Å². The normalized spacial score (nSPS) is 12.5. The second kappa shape index (κ2) is 6.58. The Kier molecular flexibility index (Phi) is 5.38. The van der Waals surface area contributed by atoms with Gasteiger partial charge in [-0.1, -0.05) is 18.2 Å². The number of carbonyl (C=O) groups excluding carboxylic acids is 1. The Bertz CT molecular complexity index is 491. The quantitative estimate of drug-likeness (QED) is 0.787. The third-order valence-corrected chi connectivity index (χ3v) is 2.76. The Morgan fingerprint density at radius 3 is 2.37 bits per heavy atom. The minimum Gasteiger partial charge on any atom is -0.479 e. The van der Waals surface area contributed by atoms with Gasteiger partial charge in [0.1, 0.15) is 0 Å². The van der Waals surface area contributed by atoms with Crippen LogP contribution in [0.3, 0.4) is 0 Å². The van der Waals surface area contributed by atoms with Gasteiger partial charge in [-0.15, -0.1) is 11.6 Å². The highest BCUT2D eigenvalue weighted by atomic mass is 35.5. The smallest absolute Gasteiger partial charge is 0.337 e. The highest BCUT2D eigenvalue weighted by molar-refractivity contribution is 6.27. The summed E-state index contributed by atoms with van der Waals surface area (Å²) in [7, 11) is 0. The highest BCUT2D eigenvalue weighted by Crippen LogP contribution is 2.29. The van der Waals surface area contributed by atoms with E-state index in [2.05, 4.69) is 0 Å². The number of halogens is 3. The van der Waals surface area contributed by atoms with Gasteiger partial charge in [-0.2, -0.15) is 0 Å². The Morgan fingerprint density at radius 1 is 1.26 bits per heavy atom. The molecule has 4 nitrogen and oxygen atoms in total. The number of aliphatic hydroxyl groups is 1. The third kappa shape index (κ3) is 3.97. The number of carbonyl (C=O) groups is 2. The van der Waals surface area contributed by atoms with E-state index >= 15 is 0 Å². The van der Waals surface area contributed by atoms with Crippen molar-refractivity contribution in [3.63, 3.8) is 0 Å². The lowest BCUT2D eigenvalue weighted by atomic mass is 9.97. The number of hydrogen-bond donors (Lipinski definition) is 2. The summed E-state index contributed by atoms with van der Waals surface area (Å²) in [5, 5.41) is 18.1. The maximum absolute atomic E-state index is 12.7. The molecule has 0 saturated heterocycles. The number of ketones is 1. The van der Waals surface area contributed by atoms with Gasteiger partial charge in [-0.3, -0.25) is 4.79 Å². The zero-order valence-corrected chi connectivity index (χ0v) is 10.4. The van der Waals surface area contributed by atoms with E-state index in [1.54, 1.807) is 0 Å². The van der Waals surface area contributed by atoms with E-state index < -0.39 is 29.6 Å². The van der Waals surface area contributed by atoms with Crippen molar-refractivity contribution in [3.8, 4) is 0 Å². The van der Waals surface area contributed by atoms with Crippen LogP contribution >= 0.6 is 11.6 Å². The maximum Gasteiger partial charge on any atom is 0.337 e. The van der Waals surface area contributed by atoms with Crippen LogP contribution in [0, 0.1) is 0 Å². The first-order valence-corrected chi connectivity index (χ1v) is 5.79. The van der Waals surface area contributed by atoms with Crippen molar-refractivity contribution in [2.24, 2.45) is 0 Å². The minimum atomic E-state index is -2.92. The summed E-state index contributed by atoms with van der Waals surface area (Å²) >= 11 is 5.32. The predicted molar refractivity (Wildman–Crippen MR) is 63.4 cm³/mol. The highest BCUT2D eigenvalue weighted by Gasteiger charge is 2.24. The van der Waals surface area contributed by atoms with Crippen LogP contribution in [0.2, 0.25) is 0 Å². The van der Waals surface area contributed by atoms with Crippen molar-refractivity contribution in [1.82, 2.24) is 0 Å². The summed E-state index contributed by atoms with van der Waals surface area (Å²) in [6, 6.07) is 3.37. The van der Waals surface area contributed by atoms with Gasteiger partial charge in [-0.05, 0) is 5.56 Å². The molecule has 1 aromatic rings. The molecule has 0 aliphatic rings. The molecule has 0 aliphatic carbocycles. The molecule has 1 atom stereocenters. The number of hydrogen-bond acceptors (Lipinski definition) is 3. The van der Waals surface area contributed by atoms with Gasteiger partial charge in [0.05, 0.1) is 5.88 Å². The van der Waals surface area contributed by atoms with Crippen molar-refractivity contribution >= 4 is 23.4 Å². The van der Waals surface area contributed by atoms with Crippen LogP contribution in [0.5, 0.6) is 0 Å². The van der Waals surface area contributed by atoms with Gasteiger partial charge in [-0.25, -0.2) is 13.6 Å². The zero-order chi connectivity index (χ0) is 14.6. The molecule has 7 heteroatoms. The first kappa shape index (κ1) is 15.5. The Hall–Kier alpha value is -1.53. The van der Waals surface area contributed by atoms with E-state index in [-0.39, 0.29) is 18.1 Å². The maximum atomic E-state index is 12.7. The van der Waals surface area contributed by atoms with Gasteiger partial charge in [0.2, 0.25) is 0 Å². The Morgan fingerprint density at radius 2 is 1.89 bits per heavy atom. The Balaban J connectivity index is 3.18. The second-order valence-corrected chi connectivity index (χ2v) is 4.12. The van der Waals surface area contributed by atoms with Gasteiger partial charge in [0, 0.05) is 17.5 Å². The molecule has 0 spiro atoms. The van der Waals surface area contributed by atoms with Crippen LogP contribution in [0.1, 0.15) is 29.2 Å². The molecule has 1 aromatic carbocycles. The molecule has 19 heavy (non-hydrogen) atoms. The van der Waals surface area contributed by atoms with Gasteiger partial charge in [0.15, 0.2) is 11.9 Å². The molecule has 0 aromatic heterocycles. The molecule has 104 valence electrons. The number of aliphatic carboxylic acids is 1. The summed E-state index contributed by atoms with van der Waals surface area (Å²) < 4.78 is 25.4. The predicted octanol–water partition coefficient (Wildman–Crippen LogP) is 2.09. The lowest BCUT2D eigenvalue weighted by Crippen LogP contribution is -2.14. The second-order valence-electron chi connectivity index (χ2n) is 3.85. The number of alkyl halides is 3.